The Hall–Kier alpha value is -1.25. The second kappa shape index (κ2) is 13.2. The van der Waals surface area contributed by atoms with E-state index in [1.54, 1.807) is 7.05 Å². The van der Waals surface area contributed by atoms with Gasteiger partial charge in [0, 0.05) is 32.8 Å². The van der Waals surface area contributed by atoms with E-state index >= 15 is 0 Å². The summed E-state index contributed by atoms with van der Waals surface area (Å²) >= 11 is 0. The monoisotopic (exact) mass is 437 g/mol. The lowest BCUT2D eigenvalue weighted by Crippen LogP contribution is -2.45. The lowest BCUT2D eigenvalue weighted by molar-refractivity contribution is 0.0155. The standard InChI is InChI=1S/C23H39N3O3S/c1-4-17-25(2)18-9-6-10-19-29-23-15-13-22(14-16-23)26(3)30(27,28)24-20-21-11-7-5-8-12-21/h4-5,7-8,11-12,22-24H,1,6,9-10,13-20H2,2-3H3. The molecule has 0 aliphatic heterocycles. The first kappa shape index (κ1) is 25.0. The van der Waals surface area contributed by atoms with E-state index in [4.69, 9.17) is 4.74 Å². The zero-order valence-electron chi connectivity index (χ0n) is 18.6. The van der Waals surface area contributed by atoms with E-state index in [-0.39, 0.29) is 12.1 Å². The third-order valence-corrected chi connectivity index (χ3v) is 7.38. The Kier molecular flexibility index (Phi) is 11.0. The molecule has 30 heavy (non-hydrogen) atoms. The molecular formula is C23H39N3O3S. The molecule has 1 N–H and O–H groups in total. The van der Waals surface area contributed by atoms with Gasteiger partial charge < -0.3 is 9.64 Å². The molecule has 1 aromatic carbocycles. The Morgan fingerprint density at radius 2 is 1.80 bits per heavy atom. The molecule has 0 spiro atoms. The van der Waals surface area contributed by atoms with Crippen LogP contribution in [0.15, 0.2) is 43.0 Å². The number of unbranched alkanes of at least 4 members (excludes halogenated alkanes) is 2. The van der Waals surface area contributed by atoms with Gasteiger partial charge in [0.15, 0.2) is 0 Å². The maximum absolute atomic E-state index is 12.6. The minimum absolute atomic E-state index is 0.0403. The second-order valence-corrected chi connectivity index (χ2v) is 10.1. The van der Waals surface area contributed by atoms with Crippen LogP contribution in [-0.2, 0) is 21.5 Å². The Morgan fingerprint density at radius 1 is 1.10 bits per heavy atom. The number of ether oxygens (including phenoxy) is 1. The van der Waals surface area contributed by atoms with E-state index in [1.165, 1.54) is 17.1 Å². The highest BCUT2D eigenvalue weighted by atomic mass is 32.2. The summed E-state index contributed by atoms with van der Waals surface area (Å²) in [5, 5.41) is 0. The van der Waals surface area contributed by atoms with Crippen LogP contribution in [0.1, 0.15) is 50.5 Å². The molecule has 7 heteroatoms. The first-order valence-electron chi connectivity index (χ1n) is 11.1. The lowest BCUT2D eigenvalue weighted by Gasteiger charge is -2.34. The van der Waals surface area contributed by atoms with Crippen LogP contribution in [0.25, 0.3) is 0 Å². The average Bonchev–Trinajstić information content (AvgIpc) is 2.75. The summed E-state index contributed by atoms with van der Waals surface area (Å²) in [5.41, 5.74) is 0.957. The summed E-state index contributed by atoms with van der Waals surface area (Å²) in [6.07, 6.45) is 9.17. The first-order valence-corrected chi connectivity index (χ1v) is 12.5. The third kappa shape index (κ3) is 8.86. The zero-order chi connectivity index (χ0) is 21.8. The number of hydrogen-bond donors (Lipinski definition) is 1. The fourth-order valence-electron chi connectivity index (χ4n) is 3.87. The van der Waals surface area contributed by atoms with Crippen molar-refractivity contribution in [2.75, 3.05) is 33.8 Å². The van der Waals surface area contributed by atoms with Crippen molar-refractivity contribution in [3.63, 3.8) is 0 Å². The van der Waals surface area contributed by atoms with Crippen molar-refractivity contribution >= 4 is 10.2 Å². The maximum atomic E-state index is 12.6. The van der Waals surface area contributed by atoms with Crippen LogP contribution in [0.4, 0.5) is 0 Å². The lowest BCUT2D eigenvalue weighted by atomic mass is 9.93. The SMILES string of the molecule is C=CCN(C)CCCCCOC1CCC(N(C)S(=O)(=O)NCc2ccccc2)CC1. The molecule has 0 amide bonds. The summed E-state index contributed by atoms with van der Waals surface area (Å²) in [6, 6.07) is 9.63. The molecule has 0 radical (unpaired) electrons. The molecule has 0 bridgehead atoms. The summed E-state index contributed by atoms with van der Waals surface area (Å²) in [7, 11) is 0.317. The molecule has 0 heterocycles. The van der Waals surface area contributed by atoms with Crippen LogP contribution < -0.4 is 4.72 Å². The number of nitrogens with one attached hydrogen (secondary N) is 1. The summed E-state index contributed by atoms with van der Waals surface area (Å²) in [5.74, 6) is 0. The van der Waals surface area contributed by atoms with E-state index in [0.717, 1.165) is 57.4 Å². The van der Waals surface area contributed by atoms with Crippen LogP contribution in [0.2, 0.25) is 0 Å². The smallest absolute Gasteiger partial charge is 0.279 e. The van der Waals surface area contributed by atoms with Gasteiger partial charge in [-0.1, -0.05) is 36.4 Å². The van der Waals surface area contributed by atoms with Crippen LogP contribution in [0.3, 0.4) is 0 Å². The average molecular weight is 438 g/mol. The van der Waals surface area contributed by atoms with E-state index in [2.05, 4.69) is 23.2 Å². The van der Waals surface area contributed by atoms with Gasteiger partial charge in [-0.15, -0.1) is 6.58 Å². The third-order valence-electron chi connectivity index (χ3n) is 5.82. The number of nitrogens with zero attached hydrogens (tertiary/aromatic N) is 2. The number of likely N-dealkylation sites (N-methyl/N-ethyl adjacent to an activating group) is 1. The molecule has 1 aliphatic carbocycles. The molecule has 170 valence electrons. The van der Waals surface area contributed by atoms with Gasteiger partial charge in [-0.3, -0.25) is 0 Å². The predicted octanol–water partition coefficient (Wildman–Crippen LogP) is 3.57. The summed E-state index contributed by atoms with van der Waals surface area (Å²) < 4.78 is 35.5. The molecule has 0 aromatic heterocycles. The quantitative estimate of drug-likeness (QED) is 0.357. The van der Waals surface area contributed by atoms with E-state index in [0.29, 0.717) is 6.54 Å². The zero-order valence-corrected chi connectivity index (χ0v) is 19.4. The maximum Gasteiger partial charge on any atom is 0.279 e. The Bertz CT molecular complexity index is 704. The molecule has 2 rings (SSSR count). The molecule has 1 aliphatic rings. The van der Waals surface area contributed by atoms with Crippen LogP contribution in [-0.4, -0.2) is 63.6 Å². The highest BCUT2D eigenvalue weighted by Crippen LogP contribution is 2.26. The van der Waals surface area contributed by atoms with Gasteiger partial charge in [-0.25, -0.2) is 0 Å². The minimum Gasteiger partial charge on any atom is -0.378 e. The molecular weight excluding hydrogens is 398 g/mol. The summed E-state index contributed by atoms with van der Waals surface area (Å²) in [4.78, 5) is 2.27. The molecule has 0 saturated heterocycles. The van der Waals surface area contributed by atoms with Gasteiger partial charge in [0.05, 0.1) is 6.10 Å². The van der Waals surface area contributed by atoms with E-state index in [1.807, 2.05) is 36.4 Å². The number of hydrogen-bond acceptors (Lipinski definition) is 4. The van der Waals surface area contributed by atoms with Gasteiger partial charge in [-0.05, 0) is 64.1 Å². The van der Waals surface area contributed by atoms with Crippen molar-refractivity contribution in [1.82, 2.24) is 13.9 Å². The predicted molar refractivity (Wildman–Crippen MR) is 124 cm³/mol. The van der Waals surface area contributed by atoms with Crippen molar-refractivity contribution in [3.8, 4) is 0 Å². The minimum atomic E-state index is -3.48. The van der Waals surface area contributed by atoms with Crippen molar-refractivity contribution in [1.29, 1.82) is 0 Å². The fraction of sp³-hybridized carbons (Fsp3) is 0.652. The van der Waals surface area contributed by atoms with Gasteiger partial charge >= 0.3 is 0 Å². The van der Waals surface area contributed by atoms with Crippen LogP contribution in [0.5, 0.6) is 0 Å². The highest BCUT2D eigenvalue weighted by molar-refractivity contribution is 7.87. The van der Waals surface area contributed by atoms with Gasteiger partial charge in [-0.2, -0.15) is 17.4 Å². The Labute approximate surface area is 183 Å². The molecule has 1 fully saturated rings. The molecule has 1 aromatic rings. The normalized spacial score (nSPS) is 20.0. The van der Waals surface area contributed by atoms with Crippen molar-refractivity contribution in [3.05, 3.63) is 48.6 Å². The number of benzene rings is 1. The molecule has 0 atom stereocenters. The molecule has 1 saturated carbocycles. The summed E-state index contributed by atoms with van der Waals surface area (Å²) in [6.45, 7) is 6.90. The van der Waals surface area contributed by atoms with E-state index < -0.39 is 10.2 Å². The first-order chi connectivity index (χ1) is 14.4. The fourth-order valence-corrected chi connectivity index (χ4v) is 5.02. The Morgan fingerprint density at radius 3 is 2.47 bits per heavy atom. The second-order valence-electron chi connectivity index (χ2n) is 8.24. The molecule has 0 unspecified atom stereocenters. The largest absolute Gasteiger partial charge is 0.378 e. The molecule has 6 nitrogen and oxygen atoms in total. The van der Waals surface area contributed by atoms with Crippen LogP contribution in [0, 0.1) is 0 Å². The highest BCUT2D eigenvalue weighted by Gasteiger charge is 2.30. The Balaban J connectivity index is 1.61. The van der Waals surface area contributed by atoms with Gasteiger partial charge in [0.25, 0.3) is 10.2 Å². The topological polar surface area (TPSA) is 61.9 Å². The van der Waals surface area contributed by atoms with Crippen molar-refractivity contribution in [2.45, 2.75) is 63.6 Å². The van der Waals surface area contributed by atoms with Crippen LogP contribution >= 0.6 is 0 Å². The van der Waals surface area contributed by atoms with Gasteiger partial charge in [0.1, 0.15) is 0 Å². The number of rotatable bonds is 14. The van der Waals surface area contributed by atoms with Crippen molar-refractivity contribution < 1.29 is 13.2 Å². The van der Waals surface area contributed by atoms with Gasteiger partial charge in [0.2, 0.25) is 0 Å². The van der Waals surface area contributed by atoms with Crippen molar-refractivity contribution in [2.24, 2.45) is 0 Å². The van der Waals surface area contributed by atoms with E-state index in [9.17, 15) is 8.42 Å².